The van der Waals surface area contributed by atoms with Crippen LogP contribution in [0.5, 0.6) is 0 Å². The van der Waals surface area contributed by atoms with Gasteiger partial charge >= 0.3 is 0 Å². The molecule has 2 nitrogen and oxygen atoms in total. The van der Waals surface area contributed by atoms with Gasteiger partial charge in [0, 0.05) is 24.0 Å². The molecule has 2 heterocycles. The Morgan fingerprint density at radius 2 is 2.35 bits per heavy atom. The molecule has 0 saturated carbocycles. The van der Waals surface area contributed by atoms with Gasteiger partial charge in [0.15, 0.2) is 0 Å². The second-order valence-corrected chi connectivity index (χ2v) is 7.24. The van der Waals surface area contributed by atoms with Gasteiger partial charge in [0.2, 0.25) is 0 Å². The van der Waals surface area contributed by atoms with E-state index in [-0.39, 0.29) is 17.5 Å². The number of ether oxygens (including phenoxy) is 1. The third kappa shape index (κ3) is 2.74. The quantitative estimate of drug-likeness (QED) is 0.908. The zero-order valence-corrected chi connectivity index (χ0v) is 12.7. The first-order valence-electron chi connectivity index (χ1n) is 7.33. The van der Waals surface area contributed by atoms with Crippen LogP contribution in [0.25, 0.3) is 0 Å². The summed E-state index contributed by atoms with van der Waals surface area (Å²) in [5.41, 5.74) is 8.12. The highest BCUT2D eigenvalue weighted by molar-refractivity contribution is 7.99. The lowest BCUT2D eigenvalue weighted by Crippen LogP contribution is -2.42. The van der Waals surface area contributed by atoms with Crippen LogP contribution in [0, 0.1) is 18.7 Å². The number of rotatable bonds is 2. The van der Waals surface area contributed by atoms with Gasteiger partial charge in [-0.25, -0.2) is 4.39 Å². The maximum Gasteiger partial charge on any atom is 0.127 e. The van der Waals surface area contributed by atoms with Crippen molar-refractivity contribution in [3.63, 3.8) is 0 Å². The van der Waals surface area contributed by atoms with Crippen LogP contribution in [0.4, 0.5) is 4.39 Å². The number of thioether (sulfide) groups is 1. The SMILES string of the molecule is Cc1ccc(F)c(C(N)C2CCOC3(CCSC3)C2)c1. The third-order valence-electron chi connectivity index (χ3n) is 4.62. The summed E-state index contributed by atoms with van der Waals surface area (Å²) in [4.78, 5) is 0. The van der Waals surface area contributed by atoms with Crippen LogP contribution in [0.15, 0.2) is 18.2 Å². The Morgan fingerprint density at radius 3 is 3.10 bits per heavy atom. The molecule has 1 aromatic rings. The second-order valence-electron chi connectivity index (χ2n) is 6.14. The van der Waals surface area contributed by atoms with E-state index in [0.29, 0.717) is 11.5 Å². The van der Waals surface area contributed by atoms with Gasteiger partial charge in [-0.2, -0.15) is 11.8 Å². The molecule has 4 heteroatoms. The van der Waals surface area contributed by atoms with Gasteiger partial charge in [0.25, 0.3) is 0 Å². The van der Waals surface area contributed by atoms with E-state index in [2.05, 4.69) is 0 Å². The maximum absolute atomic E-state index is 14.0. The molecule has 110 valence electrons. The van der Waals surface area contributed by atoms with Crippen molar-refractivity contribution >= 4 is 11.8 Å². The van der Waals surface area contributed by atoms with Crippen LogP contribution in [0.2, 0.25) is 0 Å². The Balaban J connectivity index is 1.79. The number of benzene rings is 1. The first kappa shape index (κ1) is 14.4. The second kappa shape index (κ2) is 5.66. The van der Waals surface area contributed by atoms with Crippen molar-refractivity contribution in [3.8, 4) is 0 Å². The fourth-order valence-electron chi connectivity index (χ4n) is 3.41. The highest BCUT2D eigenvalue weighted by atomic mass is 32.2. The van der Waals surface area contributed by atoms with Gasteiger partial charge in [-0.1, -0.05) is 17.7 Å². The van der Waals surface area contributed by atoms with E-state index in [0.717, 1.165) is 37.2 Å². The average Bonchev–Trinajstić information content (AvgIpc) is 2.88. The Labute approximate surface area is 124 Å². The molecule has 3 unspecified atom stereocenters. The molecule has 0 amide bonds. The van der Waals surface area contributed by atoms with Crippen LogP contribution >= 0.6 is 11.8 Å². The molecule has 2 aliphatic rings. The van der Waals surface area contributed by atoms with Crippen LogP contribution in [-0.2, 0) is 4.74 Å². The standard InChI is InChI=1S/C16H22FNOS/c1-11-2-3-14(17)13(8-11)15(18)12-4-6-19-16(9-12)5-7-20-10-16/h2-3,8,12,15H,4-7,9-10,18H2,1H3. The largest absolute Gasteiger partial charge is 0.374 e. The fraction of sp³-hybridized carbons (Fsp3) is 0.625. The van der Waals surface area contributed by atoms with Crippen LogP contribution in [0.3, 0.4) is 0 Å². The summed E-state index contributed by atoms with van der Waals surface area (Å²) in [7, 11) is 0. The molecule has 2 fully saturated rings. The Morgan fingerprint density at radius 1 is 1.50 bits per heavy atom. The highest BCUT2D eigenvalue weighted by Crippen LogP contribution is 2.43. The summed E-state index contributed by atoms with van der Waals surface area (Å²) in [6, 6.07) is 5.00. The maximum atomic E-state index is 14.0. The van der Waals surface area contributed by atoms with Crippen molar-refractivity contribution in [2.45, 2.75) is 37.8 Å². The Kier molecular flexibility index (Phi) is 4.07. The van der Waals surface area contributed by atoms with Crippen molar-refractivity contribution in [1.82, 2.24) is 0 Å². The Bertz CT molecular complexity index is 487. The molecule has 1 aromatic carbocycles. The smallest absolute Gasteiger partial charge is 0.127 e. The van der Waals surface area contributed by atoms with Crippen molar-refractivity contribution in [3.05, 3.63) is 35.1 Å². The predicted molar refractivity (Wildman–Crippen MR) is 81.4 cm³/mol. The molecular weight excluding hydrogens is 273 g/mol. The number of hydrogen-bond donors (Lipinski definition) is 1. The van der Waals surface area contributed by atoms with Crippen LogP contribution < -0.4 is 5.73 Å². The van der Waals surface area contributed by atoms with Crippen molar-refractivity contribution in [2.24, 2.45) is 11.7 Å². The van der Waals surface area contributed by atoms with Gasteiger partial charge in [0.1, 0.15) is 5.82 Å². The van der Waals surface area contributed by atoms with E-state index in [1.165, 1.54) is 11.8 Å². The first-order chi connectivity index (χ1) is 9.60. The van der Waals surface area contributed by atoms with Gasteiger partial charge in [0.05, 0.1) is 5.60 Å². The zero-order valence-electron chi connectivity index (χ0n) is 11.9. The van der Waals surface area contributed by atoms with E-state index in [9.17, 15) is 4.39 Å². The fourth-order valence-corrected chi connectivity index (χ4v) is 4.79. The summed E-state index contributed by atoms with van der Waals surface area (Å²) in [5, 5.41) is 0. The lowest BCUT2D eigenvalue weighted by atomic mass is 9.79. The molecule has 1 spiro atoms. The number of nitrogens with two attached hydrogens (primary N) is 1. The molecule has 0 aromatic heterocycles. The summed E-state index contributed by atoms with van der Waals surface area (Å²) in [6.45, 7) is 2.74. The number of hydrogen-bond acceptors (Lipinski definition) is 3. The number of halogens is 1. The third-order valence-corrected chi connectivity index (χ3v) is 5.84. The summed E-state index contributed by atoms with van der Waals surface area (Å²) in [5.74, 6) is 2.37. The zero-order chi connectivity index (χ0) is 14.2. The minimum Gasteiger partial charge on any atom is -0.374 e. The van der Waals surface area contributed by atoms with Gasteiger partial charge in [-0.3, -0.25) is 0 Å². The molecule has 0 radical (unpaired) electrons. The van der Waals surface area contributed by atoms with E-state index in [1.807, 2.05) is 24.8 Å². The van der Waals surface area contributed by atoms with Gasteiger partial charge < -0.3 is 10.5 Å². The molecule has 0 aliphatic carbocycles. The monoisotopic (exact) mass is 295 g/mol. The molecular formula is C16H22FNOS. The summed E-state index contributed by atoms with van der Waals surface area (Å²) >= 11 is 1.95. The molecule has 2 aliphatic heterocycles. The van der Waals surface area contributed by atoms with Crippen LogP contribution in [0.1, 0.15) is 36.4 Å². The predicted octanol–water partition coefficient (Wildman–Crippen LogP) is 3.44. The van der Waals surface area contributed by atoms with E-state index >= 15 is 0 Å². The van der Waals surface area contributed by atoms with E-state index in [1.54, 1.807) is 6.07 Å². The normalized spacial score (nSPS) is 31.6. The molecule has 2 N–H and O–H groups in total. The molecule has 3 atom stereocenters. The Hall–Kier alpha value is -0.580. The molecule has 2 saturated heterocycles. The molecule has 3 rings (SSSR count). The lowest BCUT2D eigenvalue weighted by Gasteiger charge is -2.40. The van der Waals surface area contributed by atoms with Crippen LogP contribution in [-0.4, -0.2) is 23.7 Å². The lowest BCUT2D eigenvalue weighted by molar-refractivity contribution is -0.0835. The van der Waals surface area contributed by atoms with Crippen molar-refractivity contribution < 1.29 is 9.13 Å². The minimum atomic E-state index is -0.221. The van der Waals surface area contributed by atoms with Gasteiger partial charge in [-0.05, 0) is 43.9 Å². The van der Waals surface area contributed by atoms with E-state index < -0.39 is 0 Å². The summed E-state index contributed by atoms with van der Waals surface area (Å²) < 4.78 is 20.1. The topological polar surface area (TPSA) is 35.2 Å². The molecule has 20 heavy (non-hydrogen) atoms. The molecule has 0 bridgehead atoms. The summed E-state index contributed by atoms with van der Waals surface area (Å²) in [6.07, 6.45) is 3.01. The number of aryl methyl sites for hydroxylation is 1. The minimum absolute atomic E-state index is 0.00546. The van der Waals surface area contributed by atoms with Crippen molar-refractivity contribution in [1.29, 1.82) is 0 Å². The van der Waals surface area contributed by atoms with Crippen molar-refractivity contribution in [2.75, 3.05) is 18.1 Å². The van der Waals surface area contributed by atoms with Gasteiger partial charge in [-0.15, -0.1) is 0 Å². The average molecular weight is 295 g/mol. The van der Waals surface area contributed by atoms with E-state index in [4.69, 9.17) is 10.5 Å². The highest BCUT2D eigenvalue weighted by Gasteiger charge is 2.42. The first-order valence-corrected chi connectivity index (χ1v) is 8.48.